The van der Waals surface area contributed by atoms with E-state index in [2.05, 4.69) is 6.92 Å². The Morgan fingerprint density at radius 3 is 1.91 bits per heavy atom. The molecule has 0 saturated carbocycles. The first-order chi connectivity index (χ1) is 10.6. The molecule has 0 spiro atoms. The number of unbranched alkanes of at least 4 members (excludes halogenated alkanes) is 7. The molecule has 0 heterocycles. The molecule has 0 aliphatic rings. The van der Waals surface area contributed by atoms with Crippen molar-refractivity contribution in [3.63, 3.8) is 0 Å². The highest BCUT2D eigenvalue weighted by atomic mass is 16.4. The van der Waals surface area contributed by atoms with Gasteiger partial charge in [0.25, 0.3) is 0 Å². The van der Waals surface area contributed by atoms with Crippen LogP contribution in [0.2, 0.25) is 0 Å². The molecule has 0 bridgehead atoms. The Labute approximate surface area is 135 Å². The van der Waals surface area contributed by atoms with E-state index in [4.69, 9.17) is 5.11 Å². The molecule has 0 aromatic heterocycles. The zero-order valence-corrected chi connectivity index (χ0v) is 14.0. The Morgan fingerprint density at radius 2 is 1.36 bits per heavy atom. The summed E-state index contributed by atoms with van der Waals surface area (Å²) in [6.45, 7) is 2.15. The van der Waals surface area contributed by atoms with E-state index in [0.29, 0.717) is 6.42 Å². The first kappa shape index (κ1) is 21.1. The zero-order valence-electron chi connectivity index (χ0n) is 14.0. The van der Waals surface area contributed by atoms with E-state index in [1.54, 1.807) is 0 Å². The summed E-state index contributed by atoms with van der Waals surface area (Å²) < 4.78 is 0. The Balaban J connectivity index is 3.28. The summed E-state index contributed by atoms with van der Waals surface area (Å²) in [5, 5.41) is 27.7. The number of aliphatic carboxylic acids is 1. The van der Waals surface area contributed by atoms with Crippen molar-refractivity contribution in [1.82, 2.24) is 0 Å². The van der Waals surface area contributed by atoms with Crippen molar-refractivity contribution < 1.29 is 20.1 Å². The minimum Gasteiger partial charge on any atom is -0.478 e. The third-order valence-electron chi connectivity index (χ3n) is 3.89. The lowest BCUT2D eigenvalue weighted by Gasteiger charge is -2.09. The Hall–Kier alpha value is -0.870. The predicted molar refractivity (Wildman–Crippen MR) is 89.9 cm³/mol. The number of carboxylic acid groups (broad SMARTS) is 1. The first-order valence-electron chi connectivity index (χ1n) is 8.83. The molecule has 4 heteroatoms. The summed E-state index contributed by atoms with van der Waals surface area (Å²) in [5.74, 6) is -1.01. The number of hydrogen-bond acceptors (Lipinski definition) is 3. The molecule has 0 rings (SSSR count). The van der Waals surface area contributed by atoms with Gasteiger partial charge in [0.15, 0.2) is 0 Å². The number of aliphatic hydroxyl groups is 2. The van der Waals surface area contributed by atoms with Crippen LogP contribution >= 0.6 is 0 Å². The van der Waals surface area contributed by atoms with E-state index in [9.17, 15) is 15.0 Å². The summed E-state index contributed by atoms with van der Waals surface area (Å²) in [7, 11) is 0. The smallest absolute Gasteiger partial charge is 0.328 e. The van der Waals surface area contributed by atoms with Gasteiger partial charge >= 0.3 is 5.97 Å². The highest BCUT2D eigenvalue weighted by Crippen LogP contribution is 2.13. The molecule has 0 aromatic rings. The lowest BCUT2D eigenvalue weighted by atomic mass is 10.0. The minimum absolute atomic E-state index is 0.111. The van der Waals surface area contributed by atoms with E-state index in [-0.39, 0.29) is 6.10 Å². The molecule has 0 radical (unpaired) electrons. The van der Waals surface area contributed by atoms with Gasteiger partial charge in [0.05, 0.1) is 12.2 Å². The zero-order chi connectivity index (χ0) is 16.6. The molecule has 0 aliphatic carbocycles. The van der Waals surface area contributed by atoms with Crippen LogP contribution in [0.15, 0.2) is 12.2 Å². The van der Waals surface area contributed by atoms with Crippen LogP contribution < -0.4 is 0 Å². The van der Waals surface area contributed by atoms with Crippen LogP contribution in [0.1, 0.15) is 84.0 Å². The number of rotatable bonds is 15. The molecule has 4 nitrogen and oxygen atoms in total. The van der Waals surface area contributed by atoms with Crippen LogP contribution in [0.25, 0.3) is 0 Å². The van der Waals surface area contributed by atoms with Crippen LogP contribution in [0, 0.1) is 0 Å². The van der Waals surface area contributed by atoms with Gasteiger partial charge in [-0.2, -0.15) is 0 Å². The second-order valence-corrected chi connectivity index (χ2v) is 6.11. The third kappa shape index (κ3) is 15.5. The fraction of sp³-hybridized carbons (Fsp3) is 0.833. The van der Waals surface area contributed by atoms with Crippen molar-refractivity contribution in [3.8, 4) is 0 Å². The van der Waals surface area contributed by atoms with E-state index >= 15 is 0 Å². The van der Waals surface area contributed by atoms with Crippen LogP contribution in [-0.2, 0) is 4.79 Å². The van der Waals surface area contributed by atoms with Gasteiger partial charge < -0.3 is 15.3 Å². The molecule has 0 amide bonds. The fourth-order valence-corrected chi connectivity index (χ4v) is 2.49. The van der Waals surface area contributed by atoms with Gasteiger partial charge in [0.2, 0.25) is 0 Å². The second kappa shape index (κ2) is 15.0. The highest BCUT2D eigenvalue weighted by molar-refractivity contribution is 5.79. The molecule has 0 aliphatic heterocycles. The maximum atomic E-state index is 10.3. The highest BCUT2D eigenvalue weighted by Gasteiger charge is 2.03. The average molecular weight is 314 g/mol. The van der Waals surface area contributed by atoms with Crippen LogP contribution in [0.3, 0.4) is 0 Å². The normalized spacial score (nSPS) is 14.3. The molecular formula is C18H34O4. The van der Waals surface area contributed by atoms with E-state index in [1.807, 2.05) is 0 Å². The first-order valence-corrected chi connectivity index (χ1v) is 8.83. The molecule has 0 aromatic carbocycles. The molecule has 0 saturated heterocycles. The SMILES string of the molecule is CCCCC(O)CCCCCCCCCC(O)C=CC(=O)O. The summed E-state index contributed by atoms with van der Waals surface area (Å²) >= 11 is 0. The van der Waals surface area contributed by atoms with Crippen molar-refractivity contribution in [2.24, 2.45) is 0 Å². The lowest BCUT2D eigenvalue weighted by Crippen LogP contribution is -2.05. The maximum absolute atomic E-state index is 10.3. The van der Waals surface area contributed by atoms with E-state index in [0.717, 1.165) is 57.4 Å². The van der Waals surface area contributed by atoms with Crippen molar-refractivity contribution in [2.45, 2.75) is 96.2 Å². The summed E-state index contributed by atoms with van der Waals surface area (Å²) in [5.41, 5.74) is 0. The number of carbonyl (C=O) groups is 1. The van der Waals surface area contributed by atoms with Gasteiger partial charge in [0.1, 0.15) is 0 Å². The van der Waals surface area contributed by atoms with Gasteiger partial charge in [-0.3, -0.25) is 0 Å². The van der Waals surface area contributed by atoms with Crippen LogP contribution in [0.5, 0.6) is 0 Å². The van der Waals surface area contributed by atoms with Crippen molar-refractivity contribution in [1.29, 1.82) is 0 Å². The largest absolute Gasteiger partial charge is 0.478 e. The van der Waals surface area contributed by atoms with E-state index < -0.39 is 12.1 Å². The van der Waals surface area contributed by atoms with Crippen molar-refractivity contribution >= 4 is 5.97 Å². The monoisotopic (exact) mass is 314 g/mol. The van der Waals surface area contributed by atoms with Crippen molar-refractivity contribution in [2.75, 3.05) is 0 Å². The molecular weight excluding hydrogens is 280 g/mol. The number of aliphatic hydroxyl groups excluding tert-OH is 2. The van der Waals surface area contributed by atoms with Gasteiger partial charge in [-0.25, -0.2) is 4.79 Å². The lowest BCUT2D eigenvalue weighted by molar-refractivity contribution is -0.131. The standard InChI is InChI=1S/C18H34O4/c1-2-3-11-16(19)12-9-7-5-4-6-8-10-13-17(20)14-15-18(21)22/h14-17,19-20H,2-13H2,1H3,(H,21,22). The van der Waals surface area contributed by atoms with Crippen LogP contribution in [0.4, 0.5) is 0 Å². The Bertz CT molecular complexity index is 289. The van der Waals surface area contributed by atoms with Gasteiger partial charge in [-0.05, 0) is 25.3 Å². The third-order valence-corrected chi connectivity index (χ3v) is 3.89. The van der Waals surface area contributed by atoms with E-state index in [1.165, 1.54) is 25.3 Å². The quantitative estimate of drug-likeness (QED) is 0.315. The minimum atomic E-state index is -1.01. The average Bonchev–Trinajstić information content (AvgIpc) is 2.49. The van der Waals surface area contributed by atoms with Gasteiger partial charge in [-0.15, -0.1) is 0 Å². The predicted octanol–water partition coefficient (Wildman–Crippen LogP) is 4.05. The number of carboxylic acids is 1. The topological polar surface area (TPSA) is 77.8 Å². The summed E-state index contributed by atoms with van der Waals surface area (Å²) in [4.78, 5) is 10.3. The Kier molecular flexibility index (Phi) is 14.4. The van der Waals surface area contributed by atoms with Crippen molar-refractivity contribution in [3.05, 3.63) is 12.2 Å². The Morgan fingerprint density at radius 1 is 0.864 bits per heavy atom. The molecule has 130 valence electrons. The second-order valence-electron chi connectivity index (χ2n) is 6.11. The summed E-state index contributed by atoms with van der Waals surface area (Å²) in [6.07, 6.45) is 14.3. The van der Waals surface area contributed by atoms with Crippen LogP contribution in [-0.4, -0.2) is 33.5 Å². The molecule has 0 fully saturated rings. The fourth-order valence-electron chi connectivity index (χ4n) is 2.49. The molecule has 22 heavy (non-hydrogen) atoms. The maximum Gasteiger partial charge on any atom is 0.328 e. The molecule has 3 N–H and O–H groups in total. The van der Waals surface area contributed by atoms with Gasteiger partial charge in [0, 0.05) is 6.08 Å². The molecule has 2 atom stereocenters. The summed E-state index contributed by atoms with van der Waals surface area (Å²) in [6, 6.07) is 0. The molecule has 2 unspecified atom stereocenters. The number of hydrogen-bond donors (Lipinski definition) is 3. The van der Waals surface area contributed by atoms with Gasteiger partial charge in [-0.1, -0.05) is 64.7 Å².